The molecule has 0 aliphatic heterocycles. The van der Waals surface area contributed by atoms with Gasteiger partial charge in [0.15, 0.2) is 5.82 Å². The van der Waals surface area contributed by atoms with Crippen molar-refractivity contribution in [1.29, 1.82) is 0 Å². The first kappa shape index (κ1) is 23.4. The standard InChI is InChI=1S/C42H23N3/c1-2-10-25-23-26(18-17-24(25)9-1)39-33-14-5-7-15-35(33)43-42(44-39)34-22-20-31-28-12-4-3-11-27(28)30-19-21-32-29-13-6-8-16-36(29)45-40(32)37(30)38(31)41(34)45/h1-23H. The van der Waals surface area contributed by atoms with Gasteiger partial charge in [0.1, 0.15) is 0 Å². The van der Waals surface area contributed by atoms with Gasteiger partial charge in [-0.3, -0.25) is 0 Å². The minimum Gasteiger partial charge on any atom is -0.307 e. The minimum absolute atomic E-state index is 0.744. The molecule has 3 aromatic heterocycles. The number of nitrogens with zero attached hydrogens (tertiary/aromatic N) is 3. The molecule has 8 aromatic carbocycles. The average Bonchev–Trinajstić information content (AvgIpc) is 3.64. The van der Waals surface area contributed by atoms with Crippen molar-refractivity contribution in [3.63, 3.8) is 0 Å². The Balaban J connectivity index is 1.33. The molecular formula is C42H23N3. The maximum absolute atomic E-state index is 5.41. The van der Waals surface area contributed by atoms with E-state index in [2.05, 4.69) is 144 Å². The van der Waals surface area contributed by atoms with E-state index < -0.39 is 0 Å². The van der Waals surface area contributed by atoms with Gasteiger partial charge in [0.25, 0.3) is 0 Å². The zero-order valence-electron chi connectivity index (χ0n) is 24.1. The number of fused-ring (bicyclic) bond motifs is 9. The van der Waals surface area contributed by atoms with Gasteiger partial charge in [0.2, 0.25) is 0 Å². The second kappa shape index (κ2) is 8.31. The van der Waals surface area contributed by atoms with Gasteiger partial charge in [-0.05, 0) is 56.6 Å². The van der Waals surface area contributed by atoms with Gasteiger partial charge in [0, 0.05) is 38.1 Å². The summed E-state index contributed by atoms with van der Waals surface area (Å²) in [4.78, 5) is 10.7. The van der Waals surface area contributed by atoms with E-state index in [1.165, 1.54) is 70.4 Å². The molecule has 0 amide bonds. The number of aromatic nitrogens is 3. The van der Waals surface area contributed by atoms with Crippen molar-refractivity contribution in [2.24, 2.45) is 0 Å². The van der Waals surface area contributed by atoms with Gasteiger partial charge in [0.05, 0.1) is 27.8 Å². The summed E-state index contributed by atoms with van der Waals surface area (Å²) < 4.78 is 2.48. The first-order valence-electron chi connectivity index (χ1n) is 15.4. The van der Waals surface area contributed by atoms with E-state index in [0.29, 0.717) is 0 Å². The molecule has 0 saturated heterocycles. The van der Waals surface area contributed by atoms with Crippen molar-refractivity contribution in [3.8, 4) is 22.6 Å². The summed E-state index contributed by atoms with van der Waals surface area (Å²) in [6.07, 6.45) is 0. The zero-order valence-corrected chi connectivity index (χ0v) is 24.1. The zero-order chi connectivity index (χ0) is 29.2. The van der Waals surface area contributed by atoms with E-state index in [1.807, 2.05) is 0 Å². The molecule has 0 radical (unpaired) electrons. The van der Waals surface area contributed by atoms with Gasteiger partial charge in [-0.25, -0.2) is 9.97 Å². The van der Waals surface area contributed by atoms with Crippen LogP contribution in [0.5, 0.6) is 0 Å². The Morgan fingerprint density at radius 1 is 0.422 bits per heavy atom. The molecule has 3 heteroatoms. The van der Waals surface area contributed by atoms with Gasteiger partial charge in [-0.2, -0.15) is 0 Å². The molecule has 0 aliphatic rings. The molecule has 11 rings (SSSR count). The fourth-order valence-electron chi connectivity index (χ4n) is 7.96. The van der Waals surface area contributed by atoms with Crippen LogP contribution in [0.1, 0.15) is 0 Å². The Hall–Kier alpha value is -6.06. The lowest BCUT2D eigenvalue weighted by atomic mass is 9.92. The van der Waals surface area contributed by atoms with Crippen LogP contribution >= 0.6 is 0 Å². The lowest BCUT2D eigenvalue weighted by molar-refractivity contribution is 1.23. The molecule has 0 atom stereocenters. The van der Waals surface area contributed by atoms with Crippen molar-refractivity contribution >= 4 is 81.3 Å². The molecule has 0 spiro atoms. The normalized spacial score (nSPS) is 12.4. The summed E-state index contributed by atoms with van der Waals surface area (Å²) in [6.45, 7) is 0. The van der Waals surface area contributed by atoms with E-state index in [-0.39, 0.29) is 0 Å². The van der Waals surface area contributed by atoms with Crippen LogP contribution < -0.4 is 0 Å². The van der Waals surface area contributed by atoms with E-state index >= 15 is 0 Å². The molecule has 0 bridgehead atoms. The van der Waals surface area contributed by atoms with Crippen LogP contribution in [0.3, 0.4) is 0 Å². The lowest BCUT2D eigenvalue weighted by Gasteiger charge is -2.13. The fraction of sp³-hybridized carbons (Fsp3) is 0. The van der Waals surface area contributed by atoms with Crippen molar-refractivity contribution in [2.75, 3.05) is 0 Å². The molecule has 11 aromatic rings. The van der Waals surface area contributed by atoms with Gasteiger partial charge in [-0.15, -0.1) is 0 Å². The Morgan fingerprint density at radius 2 is 1.07 bits per heavy atom. The van der Waals surface area contributed by atoms with Crippen molar-refractivity contribution in [1.82, 2.24) is 14.4 Å². The molecule has 206 valence electrons. The summed E-state index contributed by atoms with van der Waals surface area (Å²) in [6, 6.07) is 50.3. The number of rotatable bonds is 2. The largest absolute Gasteiger partial charge is 0.307 e. The minimum atomic E-state index is 0.744. The lowest BCUT2D eigenvalue weighted by Crippen LogP contribution is -1.97. The molecule has 0 aliphatic carbocycles. The van der Waals surface area contributed by atoms with Gasteiger partial charge < -0.3 is 4.40 Å². The SMILES string of the molecule is c1ccc2cc(-c3nc(-c4ccc5c6ccccc6c6ccc7c8ccccc8n8c4c5c6c78)nc4ccccc34)ccc2c1. The van der Waals surface area contributed by atoms with Gasteiger partial charge in [-0.1, -0.05) is 115 Å². The number of hydrogen-bond donors (Lipinski definition) is 0. The molecular weight excluding hydrogens is 546 g/mol. The van der Waals surface area contributed by atoms with Crippen molar-refractivity contribution in [3.05, 3.63) is 140 Å². The van der Waals surface area contributed by atoms with Crippen LogP contribution in [0.15, 0.2) is 140 Å². The predicted molar refractivity (Wildman–Crippen MR) is 189 cm³/mol. The fourth-order valence-corrected chi connectivity index (χ4v) is 7.96. The summed E-state index contributed by atoms with van der Waals surface area (Å²) in [5, 5.41) is 13.8. The monoisotopic (exact) mass is 569 g/mol. The molecule has 3 heterocycles. The molecule has 0 N–H and O–H groups in total. The molecule has 0 fully saturated rings. The maximum atomic E-state index is 5.41. The molecule has 0 unspecified atom stereocenters. The first-order valence-corrected chi connectivity index (χ1v) is 15.4. The topological polar surface area (TPSA) is 30.2 Å². The predicted octanol–water partition coefficient (Wildman–Crippen LogP) is 11.0. The summed E-state index contributed by atoms with van der Waals surface area (Å²) in [5.41, 5.74) is 7.71. The summed E-state index contributed by atoms with van der Waals surface area (Å²) in [5.74, 6) is 0.744. The van der Waals surface area contributed by atoms with Crippen LogP contribution in [0.25, 0.3) is 104 Å². The Bertz CT molecular complexity index is 2990. The molecule has 3 nitrogen and oxygen atoms in total. The summed E-state index contributed by atoms with van der Waals surface area (Å²) >= 11 is 0. The molecule has 45 heavy (non-hydrogen) atoms. The quantitative estimate of drug-likeness (QED) is 0.194. The van der Waals surface area contributed by atoms with Crippen LogP contribution in [-0.2, 0) is 0 Å². The van der Waals surface area contributed by atoms with E-state index in [0.717, 1.165) is 33.5 Å². The highest BCUT2D eigenvalue weighted by Gasteiger charge is 2.26. The second-order valence-electron chi connectivity index (χ2n) is 12.1. The third-order valence-electron chi connectivity index (χ3n) is 9.86. The van der Waals surface area contributed by atoms with Crippen molar-refractivity contribution < 1.29 is 0 Å². The number of benzene rings is 8. The van der Waals surface area contributed by atoms with Crippen LogP contribution in [0.4, 0.5) is 0 Å². The molecule has 0 saturated carbocycles. The second-order valence-corrected chi connectivity index (χ2v) is 12.1. The summed E-state index contributed by atoms with van der Waals surface area (Å²) in [7, 11) is 0. The third kappa shape index (κ3) is 2.95. The van der Waals surface area contributed by atoms with Crippen LogP contribution in [0.2, 0.25) is 0 Å². The highest BCUT2D eigenvalue weighted by atomic mass is 14.9. The smallest absolute Gasteiger partial charge is 0.162 e. The highest BCUT2D eigenvalue weighted by Crippen LogP contribution is 2.49. The van der Waals surface area contributed by atoms with E-state index in [1.54, 1.807) is 0 Å². The highest BCUT2D eigenvalue weighted by molar-refractivity contribution is 6.39. The van der Waals surface area contributed by atoms with E-state index in [4.69, 9.17) is 9.97 Å². The van der Waals surface area contributed by atoms with Crippen LogP contribution in [-0.4, -0.2) is 14.4 Å². The van der Waals surface area contributed by atoms with Gasteiger partial charge >= 0.3 is 0 Å². The van der Waals surface area contributed by atoms with E-state index in [9.17, 15) is 0 Å². The Labute approximate surface area is 257 Å². The number of hydrogen-bond acceptors (Lipinski definition) is 2. The third-order valence-corrected chi connectivity index (χ3v) is 9.86. The average molecular weight is 570 g/mol. The Morgan fingerprint density at radius 3 is 1.91 bits per heavy atom. The first-order chi connectivity index (χ1) is 22.3. The van der Waals surface area contributed by atoms with Crippen molar-refractivity contribution in [2.45, 2.75) is 0 Å². The van der Waals surface area contributed by atoms with Crippen LogP contribution in [0, 0.1) is 0 Å². The Kier molecular flexibility index (Phi) is 4.32. The maximum Gasteiger partial charge on any atom is 0.162 e. The number of para-hydroxylation sites is 2.